The van der Waals surface area contributed by atoms with Gasteiger partial charge in [-0.2, -0.15) is 0 Å². The van der Waals surface area contributed by atoms with E-state index in [1.165, 1.54) is 0 Å². The molecular formula is C8H8Li2O4. The topological polar surface area (TPSA) is 80.3 Å². The molecule has 4 nitrogen and oxygen atoms in total. The van der Waals surface area contributed by atoms with Crippen molar-refractivity contribution < 1.29 is 57.5 Å². The van der Waals surface area contributed by atoms with Gasteiger partial charge in [0.05, 0.1) is 0 Å². The van der Waals surface area contributed by atoms with Gasteiger partial charge in [0, 0.05) is 23.8 Å². The van der Waals surface area contributed by atoms with Gasteiger partial charge in [0.2, 0.25) is 0 Å². The quantitative estimate of drug-likeness (QED) is 0.313. The van der Waals surface area contributed by atoms with E-state index in [2.05, 4.69) is 0 Å². The number of hydrogen-bond acceptors (Lipinski definition) is 4. The van der Waals surface area contributed by atoms with E-state index in [0.717, 1.165) is 0 Å². The van der Waals surface area contributed by atoms with Gasteiger partial charge in [-0.1, -0.05) is 12.2 Å². The van der Waals surface area contributed by atoms with Crippen molar-refractivity contribution in [3.63, 3.8) is 0 Å². The number of carbonyl (C=O) groups excluding carboxylic acids is 2. The molecule has 0 aromatic carbocycles. The first-order valence-electron chi connectivity index (χ1n) is 3.69. The van der Waals surface area contributed by atoms with E-state index in [1.54, 1.807) is 12.2 Å². The SMILES string of the molecule is O=C([O-])[C@H]1CC=CC[C@H]1C(=O)[O-].[Li+].[Li+]. The van der Waals surface area contributed by atoms with Gasteiger partial charge < -0.3 is 19.8 Å². The molecule has 0 N–H and O–H groups in total. The summed E-state index contributed by atoms with van der Waals surface area (Å²) in [7, 11) is 0. The molecule has 0 unspecified atom stereocenters. The van der Waals surface area contributed by atoms with Crippen molar-refractivity contribution in [3.8, 4) is 0 Å². The summed E-state index contributed by atoms with van der Waals surface area (Å²) < 4.78 is 0. The van der Waals surface area contributed by atoms with Crippen molar-refractivity contribution in [1.82, 2.24) is 0 Å². The van der Waals surface area contributed by atoms with E-state index in [4.69, 9.17) is 0 Å². The Bertz CT molecular complexity index is 215. The zero-order valence-corrected chi connectivity index (χ0v) is 8.36. The summed E-state index contributed by atoms with van der Waals surface area (Å²) in [5.74, 6) is -4.48. The van der Waals surface area contributed by atoms with Crippen LogP contribution in [0.1, 0.15) is 12.8 Å². The molecule has 0 fully saturated rings. The Morgan fingerprint density at radius 3 is 1.43 bits per heavy atom. The average molecular weight is 182 g/mol. The Morgan fingerprint density at radius 2 is 1.21 bits per heavy atom. The summed E-state index contributed by atoms with van der Waals surface area (Å²) in [4.78, 5) is 20.9. The number of carboxylic acids is 2. The molecule has 0 aromatic heterocycles. The van der Waals surface area contributed by atoms with E-state index in [-0.39, 0.29) is 50.6 Å². The molecule has 0 aliphatic heterocycles. The van der Waals surface area contributed by atoms with Crippen LogP contribution in [0, 0.1) is 11.8 Å². The summed E-state index contributed by atoms with van der Waals surface area (Å²) >= 11 is 0. The first-order valence-corrected chi connectivity index (χ1v) is 3.69. The van der Waals surface area contributed by atoms with E-state index < -0.39 is 23.8 Å². The van der Waals surface area contributed by atoms with Crippen LogP contribution in [0.2, 0.25) is 0 Å². The second kappa shape index (κ2) is 7.20. The summed E-state index contributed by atoms with van der Waals surface area (Å²) in [6.45, 7) is 0. The monoisotopic (exact) mass is 182 g/mol. The van der Waals surface area contributed by atoms with Crippen molar-refractivity contribution in [1.29, 1.82) is 0 Å². The number of aliphatic carboxylic acids is 2. The normalized spacial score (nSPS) is 24.3. The van der Waals surface area contributed by atoms with Crippen molar-refractivity contribution in [3.05, 3.63) is 12.2 Å². The molecular weight excluding hydrogens is 174 g/mol. The molecule has 0 heterocycles. The van der Waals surface area contributed by atoms with Gasteiger partial charge in [0.25, 0.3) is 0 Å². The van der Waals surface area contributed by atoms with Crippen LogP contribution in [0.5, 0.6) is 0 Å². The number of carbonyl (C=O) groups is 2. The summed E-state index contributed by atoms with van der Waals surface area (Å²) in [5.41, 5.74) is 0. The Hall–Kier alpha value is -0.125. The van der Waals surface area contributed by atoms with Crippen LogP contribution < -0.4 is 47.9 Å². The van der Waals surface area contributed by atoms with Gasteiger partial charge in [-0.15, -0.1) is 0 Å². The maximum atomic E-state index is 10.4. The minimum absolute atomic E-state index is 0. The maximum absolute atomic E-state index is 10.4. The van der Waals surface area contributed by atoms with Crippen LogP contribution in [0.15, 0.2) is 12.2 Å². The van der Waals surface area contributed by atoms with Crippen molar-refractivity contribution in [2.75, 3.05) is 0 Å². The van der Waals surface area contributed by atoms with Gasteiger partial charge in [-0.3, -0.25) is 0 Å². The standard InChI is InChI=1S/C8H10O4.2Li/c9-7(10)5-3-1-2-4-6(5)8(11)12;;/h1-2,5-6H,3-4H2,(H,9,10)(H,11,12);;/q;2*+1/p-2/t5-,6+;;. The van der Waals surface area contributed by atoms with E-state index in [9.17, 15) is 19.8 Å². The molecule has 6 heteroatoms. The molecule has 14 heavy (non-hydrogen) atoms. The molecule has 0 radical (unpaired) electrons. The van der Waals surface area contributed by atoms with Gasteiger partial charge in [-0.25, -0.2) is 0 Å². The molecule has 0 saturated heterocycles. The second-order valence-corrected chi connectivity index (χ2v) is 2.79. The van der Waals surface area contributed by atoms with Crippen LogP contribution in [-0.2, 0) is 9.59 Å². The zero-order chi connectivity index (χ0) is 9.14. The van der Waals surface area contributed by atoms with Gasteiger partial charge >= 0.3 is 37.7 Å². The summed E-state index contributed by atoms with van der Waals surface area (Å²) in [5, 5.41) is 20.9. The Morgan fingerprint density at radius 1 is 0.929 bits per heavy atom. The van der Waals surface area contributed by atoms with Crippen LogP contribution in [0.4, 0.5) is 0 Å². The van der Waals surface area contributed by atoms with E-state index in [1.807, 2.05) is 0 Å². The van der Waals surface area contributed by atoms with Gasteiger partial charge in [-0.05, 0) is 12.8 Å². The fourth-order valence-electron chi connectivity index (χ4n) is 1.34. The van der Waals surface area contributed by atoms with Crippen LogP contribution in [0.3, 0.4) is 0 Å². The van der Waals surface area contributed by atoms with E-state index >= 15 is 0 Å². The third-order valence-electron chi connectivity index (χ3n) is 2.04. The Labute approximate surface area is 106 Å². The van der Waals surface area contributed by atoms with Crippen molar-refractivity contribution in [2.45, 2.75) is 12.8 Å². The molecule has 0 amide bonds. The van der Waals surface area contributed by atoms with E-state index in [0.29, 0.717) is 0 Å². The van der Waals surface area contributed by atoms with Crippen molar-refractivity contribution >= 4 is 11.9 Å². The molecule has 0 aromatic rings. The number of rotatable bonds is 2. The molecule has 1 rings (SSSR count). The molecule has 0 saturated carbocycles. The predicted molar refractivity (Wildman–Crippen MR) is 35.4 cm³/mol. The summed E-state index contributed by atoms with van der Waals surface area (Å²) in [6, 6.07) is 0. The fourth-order valence-corrected chi connectivity index (χ4v) is 1.34. The molecule has 0 bridgehead atoms. The molecule has 1 aliphatic carbocycles. The smallest absolute Gasteiger partial charge is 0.550 e. The van der Waals surface area contributed by atoms with Crippen LogP contribution in [-0.4, -0.2) is 11.9 Å². The number of carboxylic acid groups (broad SMARTS) is 2. The van der Waals surface area contributed by atoms with Gasteiger partial charge in [0.15, 0.2) is 0 Å². The minimum atomic E-state index is -1.31. The maximum Gasteiger partial charge on any atom is 1.00 e. The minimum Gasteiger partial charge on any atom is -0.550 e. The molecule has 2 atom stereocenters. The van der Waals surface area contributed by atoms with Crippen LogP contribution >= 0.6 is 0 Å². The second-order valence-electron chi connectivity index (χ2n) is 2.79. The third kappa shape index (κ3) is 3.94. The zero-order valence-electron chi connectivity index (χ0n) is 8.36. The van der Waals surface area contributed by atoms with Gasteiger partial charge in [0.1, 0.15) is 0 Å². The third-order valence-corrected chi connectivity index (χ3v) is 2.04. The number of hydrogen-bond donors (Lipinski definition) is 0. The first-order chi connectivity index (χ1) is 5.63. The first kappa shape index (κ1) is 16.3. The molecule has 66 valence electrons. The fraction of sp³-hybridized carbons (Fsp3) is 0.500. The Balaban J connectivity index is 0. The Kier molecular flexibility index (Phi) is 8.39. The number of allylic oxidation sites excluding steroid dienone is 2. The summed E-state index contributed by atoms with van der Waals surface area (Å²) in [6.07, 6.45) is 3.75. The van der Waals surface area contributed by atoms with Crippen LogP contribution in [0.25, 0.3) is 0 Å². The molecule has 1 aliphatic rings. The largest absolute Gasteiger partial charge is 1.00 e. The van der Waals surface area contributed by atoms with Crippen molar-refractivity contribution in [2.24, 2.45) is 11.8 Å². The molecule has 0 spiro atoms. The average Bonchev–Trinajstić information content (AvgIpc) is 2.04. The predicted octanol–water partition coefficient (Wildman–Crippen LogP) is -7.92.